The second kappa shape index (κ2) is 8.50. The standard InChI is InChI=1S/C24H38O5/c1-7-8-20(27)29-24(6)10-9-17(25)14(4)11-19-21-15(5)18(26)12-16(13(2)3)22(21)23(24)28-19/h13-14,16,18-19,21-23,26H,5,7-12H2,1-4,6H3/t14-,16-,18+,19-,21-,22-,23-,24-/m1/s1. The quantitative estimate of drug-likeness (QED) is 0.563. The Kier molecular flexibility index (Phi) is 6.59. The van der Waals surface area contributed by atoms with Gasteiger partial charge >= 0.3 is 5.97 Å². The molecule has 29 heavy (non-hydrogen) atoms. The van der Waals surface area contributed by atoms with E-state index in [-0.39, 0.29) is 47.6 Å². The molecule has 3 rings (SSSR count). The highest BCUT2D eigenvalue weighted by molar-refractivity contribution is 5.81. The molecule has 2 aliphatic heterocycles. The fourth-order valence-corrected chi connectivity index (χ4v) is 5.90. The maximum Gasteiger partial charge on any atom is 0.306 e. The van der Waals surface area contributed by atoms with Gasteiger partial charge in [0.25, 0.3) is 0 Å². The highest BCUT2D eigenvalue weighted by Crippen LogP contribution is 2.55. The number of hydrogen-bond donors (Lipinski definition) is 1. The minimum absolute atomic E-state index is 0.00583. The van der Waals surface area contributed by atoms with E-state index in [4.69, 9.17) is 9.47 Å². The summed E-state index contributed by atoms with van der Waals surface area (Å²) in [6.45, 7) is 14.5. The van der Waals surface area contributed by atoms with E-state index in [1.54, 1.807) is 0 Å². The van der Waals surface area contributed by atoms with Crippen molar-refractivity contribution in [1.82, 2.24) is 0 Å². The molecule has 1 aliphatic carbocycles. The van der Waals surface area contributed by atoms with Crippen molar-refractivity contribution >= 4 is 11.8 Å². The Morgan fingerprint density at radius 3 is 2.69 bits per heavy atom. The topological polar surface area (TPSA) is 72.8 Å². The molecule has 0 amide bonds. The molecule has 164 valence electrons. The lowest BCUT2D eigenvalue weighted by Crippen LogP contribution is -2.52. The molecule has 2 saturated heterocycles. The number of rotatable bonds is 4. The summed E-state index contributed by atoms with van der Waals surface area (Å²) < 4.78 is 12.7. The molecule has 8 atom stereocenters. The van der Waals surface area contributed by atoms with Gasteiger partial charge in [-0.3, -0.25) is 9.59 Å². The summed E-state index contributed by atoms with van der Waals surface area (Å²) in [7, 11) is 0. The van der Waals surface area contributed by atoms with E-state index in [0.717, 1.165) is 12.0 Å². The summed E-state index contributed by atoms with van der Waals surface area (Å²) in [6.07, 6.45) is 2.26. The first-order valence-corrected chi connectivity index (χ1v) is 11.4. The van der Waals surface area contributed by atoms with Crippen LogP contribution in [0.25, 0.3) is 0 Å². The van der Waals surface area contributed by atoms with Gasteiger partial charge in [0, 0.05) is 30.6 Å². The first-order valence-electron chi connectivity index (χ1n) is 11.4. The summed E-state index contributed by atoms with van der Waals surface area (Å²) >= 11 is 0. The van der Waals surface area contributed by atoms with Crippen LogP contribution >= 0.6 is 0 Å². The Bertz CT molecular complexity index is 656. The van der Waals surface area contributed by atoms with Gasteiger partial charge in [-0.25, -0.2) is 0 Å². The Balaban J connectivity index is 2.04. The number of aliphatic hydroxyl groups excluding tert-OH is 1. The SMILES string of the molecule is C=C1[C@H]2[C@@H]([C@@H](C(C)C)C[C@@H]1O)[C@H]1O[C@@H]2C[C@@H](C)C(=O)CC[C@@]1(C)OC(=O)CCC. The molecule has 5 nitrogen and oxygen atoms in total. The number of carbonyl (C=O) groups excluding carboxylic acids is 2. The van der Waals surface area contributed by atoms with Gasteiger partial charge in [0.05, 0.1) is 12.2 Å². The van der Waals surface area contributed by atoms with Crippen molar-refractivity contribution < 1.29 is 24.2 Å². The molecular weight excluding hydrogens is 368 g/mol. The van der Waals surface area contributed by atoms with E-state index in [0.29, 0.717) is 38.0 Å². The third-order valence-corrected chi connectivity index (χ3v) is 7.59. The molecule has 2 bridgehead atoms. The molecule has 3 aliphatic rings. The summed E-state index contributed by atoms with van der Waals surface area (Å²) in [5.74, 6) is 0.603. The van der Waals surface area contributed by atoms with Crippen LogP contribution in [-0.4, -0.2) is 40.8 Å². The molecule has 0 aromatic heterocycles. The van der Waals surface area contributed by atoms with Crippen molar-refractivity contribution in [2.75, 3.05) is 0 Å². The maximum atomic E-state index is 12.7. The zero-order valence-electron chi connectivity index (χ0n) is 18.6. The lowest BCUT2D eigenvalue weighted by atomic mass is 9.60. The fraction of sp³-hybridized carbons (Fsp3) is 0.833. The largest absolute Gasteiger partial charge is 0.457 e. The van der Waals surface area contributed by atoms with Crippen LogP contribution in [0.1, 0.15) is 73.1 Å². The minimum Gasteiger partial charge on any atom is -0.457 e. The van der Waals surface area contributed by atoms with Crippen molar-refractivity contribution in [2.24, 2.45) is 29.6 Å². The number of hydrogen-bond acceptors (Lipinski definition) is 5. The average molecular weight is 407 g/mol. The molecule has 0 radical (unpaired) electrons. The number of carbonyl (C=O) groups is 2. The van der Waals surface area contributed by atoms with Gasteiger partial charge in [-0.1, -0.05) is 34.3 Å². The molecule has 2 heterocycles. The van der Waals surface area contributed by atoms with Crippen LogP contribution in [0.4, 0.5) is 0 Å². The Morgan fingerprint density at radius 1 is 1.38 bits per heavy atom. The molecule has 0 spiro atoms. The highest BCUT2D eigenvalue weighted by Gasteiger charge is 2.60. The van der Waals surface area contributed by atoms with Crippen LogP contribution in [0, 0.1) is 29.6 Å². The molecule has 1 N–H and O–H groups in total. The number of fused-ring (bicyclic) bond motifs is 5. The lowest BCUT2D eigenvalue weighted by molar-refractivity contribution is -0.182. The van der Waals surface area contributed by atoms with E-state index in [1.165, 1.54) is 0 Å². The number of ketones is 1. The number of ether oxygens (including phenoxy) is 2. The summed E-state index contributed by atoms with van der Waals surface area (Å²) in [6, 6.07) is 0. The lowest BCUT2D eigenvalue weighted by Gasteiger charge is -2.46. The second-order valence-electron chi connectivity index (χ2n) is 10.1. The zero-order chi connectivity index (χ0) is 21.5. The molecule has 0 aromatic rings. The van der Waals surface area contributed by atoms with Gasteiger partial charge in [0.1, 0.15) is 17.5 Å². The third-order valence-electron chi connectivity index (χ3n) is 7.59. The van der Waals surface area contributed by atoms with Gasteiger partial charge in [0.15, 0.2) is 0 Å². The van der Waals surface area contributed by atoms with E-state index in [1.807, 2.05) is 20.8 Å². The Morgan fingerprint density at radius 2 is 2.07 bits per heavy atom. The molecule has 5 heteroatoms. The van der Waals surface area contributed by atoms with Crippen LogP contribution in [0.3, 0.4) is 0 Å². The van der Waals surface area contributed by atoms with E-state index in [2.05, 4.69) is 20.4 Å². The molecule has 0 aromatic carbocycles. The van der Waals surface area contributed by atoms with Crippen LogP contribution in [0.2, 0.25) is 0 Å². The molecule has 0 unspecified atom stereocenters. The maximum absolute atomic E-state index is 12.7. The number of Topliss-reactive ketones (excluding diaryl/α,β-unsaturated/α-hetero) is 1. The Labute approximate surface area is 175 Å². The minimum atomic E-state index is -0.848. The molecular formula is C24H38O5. The number of aliphatic hydroxyl groups is 1. The van der Waals surface area contributed by atoms with Crippen LogP contribution in [0.5, 0.6) is 0 Å². The van der Waals surface area contributed by atoms with Crippen molar-refractivity contribution in [3.05, 3.63) is 12.2 Å². The fourth-order valence-electron chi connectivity index (χ4n) is 5.90. The predicted molar refractivity (Wildman–Crippen MR) is 111 cm³/mol. The monoisotopic (exact) mass is 406 g/mol. The molecule has 1 saturated carbocycles. The molecule has 3 fully saturated rings. The van der Waals surface area contributed by atoms with Crippen LogP contribution in [-0.2, 0) is 19.1 Å². The third kappa shape index (κ3) is 4.18. The van der Waals surface area contributed by atoms with Crippen LogP contribution in [0.15, 0.2) is 12.2 Å². The van der Waals surface area contributed by atoms with E-state index < -0.39 is 11.7 Å². The second-order valence-corrected chi connectivity index (χ2v) is 10.1. The zero-order valence-corrected chi connectivity index (χ0v) is 18.6. The smallest absolute Gasteiger partial charge is 0.306 e. The van der Waals surface area contributed by atoms with Gasteiger partial charge in [-0.2, -0.15) is 0 Å². The van der Waals surface area contributed by atoms with Gasteiger partial charge < -0.3 is 14.6 Å². The first kappa shape index (κ1) is 22.5. The van der Waals surface area contributed by atoms with E-state index in [9.17, 15) is 14.7 Å². The Hall–Kier alpha value is -1.20. The normalized spacial score (nSPS) is 42.8. The average Bonchev–Trinajstić information content (AvgIpc) is 3.03. The summed E-state index contributed by atoms with van der Waals surface area (Å²) in [5, 5.41) is 10.7. The summed E-state index contributed by atoms with van der Waals surface area (Å²) in [5.41, 5.74) is -0.0267. The van der Waals surface area contributed by atoms with Crippen molar-refractivity contribution in [3.8, 4) is 0 Å². The summed E-state index contributed by atoms with van der Waals surface area (Å²) in [4.78, 5) is 25.2. The van der Waals surface area contributed by atoms with Gasteiger partial charge in [0.2, 0.25) is 0 Å². The highest BCUT2D eigenvalue weighted by atomic mass is 16.6. The van der Waals surface area contributed by atoms with Crippen molar-refractivity contribution in [2.45, 2.75) is 97.1 Å². The number of esters is 1. The van der Waals surface area contributed by atoms with Gasteiger partial charge in [-0.15, -0.1) is 0 Å². The van der Waals surface area contributed by atoms with Crippen molar-refractivity contribution in [3.63, 3.8) is 0 Å². The predicted octanol–water partition coefficient (Wildman–Crippen LogP) is 4.07. The van der Waals surface area contributed by atoms with E-state index >= 15 is 0 Å². The van der Waals surface area contributed by atoms with Crippen LogP contribution < -0.4 is 0 Å². The van der Waals surface area contributed by atoms with Crippen molar-refractivity contribution in [1.29, 1.82) is 0 Å². The first-order chi connectivity index (χ1) is 13.6. The van der Waals surface area contributed by atoms with Gasteiger partial charge in [-0.05, 0) is 50.0 Å².